The number of hydrogen-bond donors (Lipinski definition) is 2. The van der Waals surface area contributed by atoms with Crippen LogP contribution in [-0.4, -0.2) is 21.9 Å². The Labute approximate surface area is 86.6 Å². The van der Waals surface area contributed by atoms with Gasteiger partial charge >= 0.3 is 0 Å². The molecule has 82 valence electrons. The van der Waals surface area contributed by atoms with Crippen molar-refractivity contribution < 1.29 is 10.2 Å². The Balaban J connectivity index is 2.91. The molecule has 3 unspecified atom stereocenters. The van der Waals surface area contributed by atoms with Gasteiger partial charge in [0.05, 0.1) is 11.7 Å². The summed E-state index contributed by atoms with van der Waals surface area (Å²) in [4.78, 5) is 0. The molecule has 0 aromatic heterocycles. The maximum Gasteiger partial charge on any atom is 0.0700 e. The Kier molecular flexibility index (Phi) is 2.81. The zero-order valence-electron chi connectivity index (χ0n) is 9.67. The standard InChI is InChI=1S/C12H22O2/c1-8(2)9-6-10(13)11(3,4)12(5,14)7-9/h9-10,13-14H,1,6-7H2,2-5H3. The lowest BCUT2D eigenvalue weighted by molar-refractivity contribution is -0.154. The molecule has 0 heterocycles. The fraction of sp³-hybridized carbons (Fsp3) is 0.833. The van der Waals surface area contributed by atoms with Crippen LogP contribution in [0.1, 0.15) is 40.5 Å². The maximum atomic E-state index is 10.3. The van der Waals surface area contributed by atoms with E-state index in [2.05, 4.69) is 6.58 Å². The lowest BCUT2D eigenvalue weighted by Gasteiger charge is -2.50. The fourth-order valence-electron chi connectivity index (χ4n) is 2.12. The summed E-state index contributed by atoms with van der Waals surface area (Å²) in [6.07, 6.45) is 0.971. The Morgan fingerprint density at radius 2 is 1.86 bits per heavy atom. The van der Waals surface area contributed by atoms with E-state index in [1.54, 1.807) is 0 Å². The third-order valence-corrected chi connectivity index (χ3v) is 4.07. The zero-order chi connectivity index (χ0) is 11.1. The molecule has 1 fully saturated rings. The number of aliphatic hydroxyl groups is 2. The summed E-state index contributed by atoms with van der Waals surface area (Å²) in [5.41, 5.74) is -0.187. The first-order chi connectivity index (χ1) is 6.18. The van der Waals surface area contributed by atoms with Crippen LogP contribution in [0.15, 0.2) is 12.2 Å². The summed E-state index contributed by atoms with van der Waals surface area (Å²) in [7, 11) is 0. The Morgan fingerprint density at radius 1 is 1.36 bits per heavy atom. The van der Waals surface area contributed by atoms with Crippen LogP contribution < -0.4 is 0 Å². The van der Waals surface area contributed by atoms with Gasteiger partial charge in [-0.2, -0.15) is 0 Å². The van der Waals surface area contributed by atoms with E-state index >= 15 is 0 Å². The van der Waals surface area contributed by atoms with Crippen LogP contribution in [0.5, 0.6) is 0 Å². The summed E-state index contributed by atoms with van der Waals surface area (Å²) in [6.45, 7) is 11.5. The SMILES string of the molecule is C=C(C)C1CC(O)C(C)(C)C(C)(O)C1. The topological polar surface area (TPSA) is 40.5 Å². The first kappa shape index (κ1) is 11.7. The summed E-state index contributed by atoms with van der Waals surface area (Å²) in [5.74, 6) is 0.244. The van der Waals surface area contributed by atoms with Crippen molar-refractivity contribution in [3.05, 3.63) is 12.2 Å². The minimum Gasteiger partial charge on any atom is -0.392 e. The third kappa shape index (κ3) is 1.73. The molecule has 2 heteroatoms. The van der Waals surface area contributed by atoms with Gasteiger partial charge in [-0.25, -0.2) is 0 Å². The number of hydrogen-bond acceptors (Lipinski definition) is 2. The van der Waals surface area contributed by atoms with Crippen molar-refractivity contribution >= 4 is 0 Å². The average molecular weight is 198 g/mol. The van der Waals surface area contributed by atoms with Gasteiger partial charge in [0.2, 0.25) is 0 Å². The van der Waals surface area contributed by atoms with E-state index in [0.717, 1.165) is 12.0 Å². The largest absolute Gasteiger partial charge is 0.392 e. The number of allylic oxidation sites excluding steroid dienone is 1. The van der Waals surface area contributed by atoms with Crippen molar-refractivity contribution in [1.82, 2.24) is 0 Å². The molecule has 2 N–H and O–H groups in total. The molecule has 1 rings (SSSR count). The molecule has 0 aromatic rings. The Hall–Kier alpha value is -0.340. The van der Waals surface area contributed by atoms with E-state index in [0.29, 0.717) is 6.42 Å². The molecule has 0 saturated heterocycles. The number of rotatable bonds is 1. The minimum atomic E-state index is -0.811. The molecule has 1 saturated carbocycles. The van der Waals surface area contributed by atoms with Gasteiger partial charge in [0.25, 0.3) is 0 Å². The Morgan fingerprint density at radius 3 is 2.21 bits per heavy atom. The van der Waals surface area contributed by atoms with Crippen LogP contribution >= 0.6 is 0 Å². The summed E-state index contributed by atoms with van der Waals surface area (Å²) in [6, 6.07) is 0. The summed E-state index contributed by atoms with van der Waals surface area (Å²) >= 11 is 0. The van der Waals surface area contributed by atoms with Crippen LogP contribution in [0.25, 0.3) is 0 Å². The predicted octanol–water partition coefficient (Wildman–Crippen LogP) is 2.11. The molecule has 0 spiro atoms. The normalized spacial score (nSPS) is 42.1. The number of aliphatic hydroxyl groups excluding tert-OH is 1. The van der Waals surface area contributed by atoms with Gasteiger partial charge in [0.1, 0.15) is 0 Å². The van der Waals surface area contributed by atoms with E-state index in [-0.39, 0.29) is 5.92 Å². The molecule has 0 bridgehead atoms. The van der Waals surface area contributed by atoms with Gasteiger partial charge in [0.15, 0.2) is 0 Å². The molecular weight excluding hydrogens is 176 g/mol. The molecule has 3 atom stereocenters. The van der Waals surface area contributed by atoms with E-state index in [9.17, 15) is 10.2 Å². The smallest absolute Gasteiger partial charge is 0.0700 e. The molecule has 1 aliphatic carbocycles. The fourth-order valence-corrected chi connectivity index (χ4v) is 2.12. The van der Waals surface area contributed by atoms with Gasteiger partial charge in [-0.05, 0) is 32.6 Å². The van der Waals surface area contributed by atoms with Crippen molar-refractivity contribution in [2.75, 3.05) is 0 Å². The van der Waals surface area contributed by atoms with E-state index < -0.39 is 17.1 Å². The maximum absolute atomic E-state index is 10.3. The van der Waals surface area contributed by atoms with E-state index in [4.69, 9.17) is 0 Å². The highest BCUT2D eigenvalue weighted by molar-refractivity contribution is 5.09. The lowest BCUT2D eigenvalue weighted by Crippen LogP contribution is -2.55. The molecule has 0 aromatic carbocycles. The zero-order valence-corrected chi connectivity index (χ0v) is 9.67. The third-order valence-electron chi connectivity index (χ3n) is 4.07. The van der Waals surface area contributed by atoms with Crippen molar-refractivity contribution in [2.24, 2.45) is 11.3 Å². The van der Waals surface area contributed by atoms with Crippen LogP contribution in [0.4, 0.5) is 0 Å². The second-order valence-corrected chi connectivity index (χ2v) is 5.49. The summed E-state index contributed by atoms with van der Waals surface area (Å²) in [5, 5.41) is 20.3. The lowest BCUT2D eigenvalue weighted by atomic mass is 9.60. The van der Waals surface area contributed by atoms with Gasteiger partial charge in [-0.15, -0.1) is 0 Å². The predicted molar refractivity (Wildman–Crippen MR) is 57.9 cm³/mol. The highest BCUT2D eigenvalue weighted by atomic mass is 16.3. The van der Waals surface area contributed by atoms with Crippen molar-refractivity contribution in [3.8, 4) is 0 Å². The monoisotopic (exact) mass is 198 g/mol. The second kappa shape index (κ2) is 3.35. The first-order valence-corrected chi connectivity index (χ1v) is 5.24. The van der Waals surface area contributed by atoms with Crippen molar-refractivity contribution in [1.29, 1.82) is 0 Å². The quantitative estimate of drug-likeness (QED) is 0.633. The van der Waals surface area contributed by atoms with Gasteiger partial charge in [-0.3, -0.25) is 0 Å². The molecule has 0 aliphatic heterocycles. The molecule has 2 nitrogen and oxygen atoms in total. The molecule has 0 radical (unpaired) electrons. The van der Waals surface area contributed by atoms with Gasteiger partial charge in [0, 0.05) is 5.41 Å². The van der Waals surface area contributed by atoms with Gasteiger partial charge < -0.3 is 10.2 Å². The Bertz CT molecular complexity index is 241. The van der Waals surface area contributed by atoms with Crippen molar-refractivity contribution in [3.63, 3.8) is 0 Å². The highest BCUT2D eigenvalue weighted by Crippen LogP contribution is 2.47. The van der Waals surface area contributed by atoms with Crippen LogP contribution in [0.2, 0.25) is 0 Å². The van der Waals surface area contributed by atoms with E-state index in [1.807, 2.05) is 27.7 Å². The second-order valence-electron chi connectivity index (χ2n) is 5.49. The average Bonchev–Trinajstić information content (AvgIpc) is 1.99. The van der Waals surface area contributed by atoms with E-state index in [1.165, 1.54) is 0 Å². The molecule has 0 amide bonds. The minimum absolute atomic E-state index is 0.244. The van der Waals surface area contributed by atoms with Crippen molar-refractivity contribution in [2.45, 2.75) is 52.2 Å². The van der Waals surface area contributed by atoms with Crippen LogP contribution in [0, 0.1) is 11.3 Å². The molecule has 1 aliphatic rings. The summed E-state index contributed by atoms with van der Waals surface area (Å²) < 4.78 is 0. The molecule has 14 heavy (non-hydrogen) atoms. The highest BCUT2D eigenvalue weighted by Gasteiger charge is 2.50. The van der Waals surface area contributed by atoms with Crippen LogP contribution in [0.3, 0.4) is 0 Å². The molecular formula is C12H22O2. The van der Waals surface area contributed by atoms with Gasteiger partial charge in [-0.1, -0.05) is 26.0 Å². The first-order valence-electron chi connectivity index (χ1n) is 5.24. The van der Waals surface area contributed by atoms with Crippen LogP contribution in [-0.2, 0) is 0 Å².